The normalized spacial score (nSPS) is 11.1. The van der Waals surface area contributed by atoms with Gasteiger partial charge in [0.1, 0.15) is 5.52 Å². The molecule has 18 heavy (non-hydrogen) atoms. The third-order valence-electron chi connectivity index (χ3n) is 1.77. The first-order chi connectivity index (χ1) is 8.35. The molecule has 0 bridgehead atoms. The zero-order chi connectivity index (χ0) is 13.9. The van der Waals surface area contributed by atoms with E-state index in [-0.39, 0.29) is 10.6 Å². The predicted octanol–water partition coefficient (Wildman–Crippen LogP) is 4.71. The van der Waals surface area contributed by atoms with Crippen molar-refractivity contribution in [3.63, 3.8) is 0 Å². The number of hydrogen-bond acceptors (Lipinski definition) is 3. The maximum absolute atomic E-state index is 12.0. The fourth-order valence-corrected chi connectivity index (χ4v) is 1.44. The summed E-state index contributed by atoms with van der Waals surface area (Å²) in [6.45, 7) is 5.58. The number of fused-ring (bicyclic) bond motifs is 1. The fraction of sp³-hybridized carbons (Fsp3) is 0.364. The third kappa shape index (κ3) is 3.53. The van der Waals surface area contributed by atoms with Crippen LogP contribution in [0, 0.1) is 6.92 Å². The maximum atomic E-state index is 12.0. The van der Waals surface area contributed by atoms with E-state index in [9.17, 15) is 13.2 Å². The zero-order valence-electron chi connectivity index (χ0n) is 9.93. The minimum Gasteiger partial charge on any atom is -0.441 e. The average Bonchev–Trinajstić information content (AvgIpc) is 2.59. The first kappa shape index (κ1) is 14.6. The number of aromatic nitrogens is 1. The number of hydrogen-bond donors (Lipinski definition) is 0. The van der Waals surface area contributed by atoms with Crippen LogP contribution in [-0.4, -0.2) is 11.3 Å². The highest BCUT2D eigenvalue weighted by Gasteiger charge is 2.32. The van der Waals surface area contributed by atoms with Crippen molar-refractivity contribution in [1.82, 2.24) is 4.98 Å². The van der Waals surface area contributed by atoms with Crippen LogP contribution in [0.1, 0.15) is 19.7 Å². The molecule has 0 amide bonds. The van der Waals surface area contributed by atoms with Crippen LogP contribution in [0.3, 0.4) is 0 Å². The van der Waals surface area contributed by atoms with E-state index in [2.05, 4.69) is 9.72 Å². The van der Waals surface area contributed by atoms with Gasteiger partial charge in [0.25, 0.3) is 0 Å². The molecule has 1 aromatic heterocycles. The third-order valence-corrected chi connectivity index (χ3v) is 2.07. The van der Waals surface area contributed by atoms with Gasteiger partial charge in [-0.25, -0.2) is 4.98 Å². The number of ether oxygens (including phenoxy) is 1. The van der Waals surface area contributed by atoms with Gasteiger partial charge in [-0.3, -0.25) is 0 Å². The first-order valence-electron chi connectivity index (χ1n) is 5.17. The molecule has 100 valence electrons. The Morgan fingerprint density at radius 2 is 1.89 bits per heavy atom. The average molecular weight is 282 g/mol. The second-order valence-corrected chi connectivity index (χ2v) is 3.44. The van der Waals surface area contributed by atoms with Crippen LogP contribution in [0.5, 0.6) is 5.75 Å². The van der Waals surface area contributed by atoms with E-state index in [1.54, 1.807) is 6.92 Å². The Kier molecular flexibility index (Phi) is 4.45. The van der Waals surface area contributed by atoms with E-state index in [0.29, 0.717) is 11.4 Å². The van der Waals surface area contributed by atoms with Gasteiger partial charge >= 0.3 is 6.36 Å². The molecule has 0 N–H and O–H groups in total. The lowest BCUT2D eigenvalue weighted by Gasteiger charge is -2.09. The summed E-state index contributed by atoms with van der Waals surface area (Å²) in [6, 6.07) is 2.32. The molecule has 1 aromatic carbocycles. The Morgan fingerprint density at radius 3 is 2.44 bits per heavy atom. The fourth-order valence-electron chi connectivity index (χ4n) is 1.25. The van der Waals surface area contributed by atoms with E-state index >= 15 is 0 Å². The number of benzene rings is 1. The molecule has 0 spiro atoms. The van der Waals surface area contributed by atoms with Gasteiger partial charge in [-0.1, -0.05) is 25.4 Å². The van der Waals surface area contributed by atoms with Gasteiger partial charge in [-0.05, 0) is 6.07 Å². The van der Waals surface area contributed by atoms with Gasteiger partial charge in [0.2, 0.25) is 0 Å². The predicted molar refractivity (Wildman–Crippen MR) is 61.8 cm³/mol. The highest BCUT2D eigenvalue weighted by molar-refractivity contribution is 6.32. The lowest BCUT2D eigenvalue weighted by Crippen LogP contribution is -2.17. The van der Waals surface area contributed by atoms with Crippen molar-refractivity contribution in [3.8, 4) is 5.75 Å². The Bertz CT molecular complexity index is 537. The van der Waals surface area contributed by atoms with Crippen LogP contribution >= 0.6 is 11.6 Å². The standard InChI is InChI=1S/C9H5ClF3NO2.C2H6/c1-4-14-6-2-5(10)7(3-8(6)15-4)16-9(11,12)13;1-2/h2-3H,1H3;1-2H3. The molecule has 0 unspecified atom stereocenters. The van der Waals surface area contributed by atoms with Crippen LogP contribution in [0.25, 0.3) is 11.1 Å². The Morgan fingerprint density at radius 1 is 1.28 bits per heavy atom. The van der Waals surface area contributed by atoms with Gasteiger partial charge in [0.15, 0.2) is 17.2 Å². The summed E-state index contributed by atoms with van der Waals surface area (Å²) in [4.78, 5) is 3.92. The van der Waals surface area contributed by atoms with Crippen LogP contribution in [0.4, 0.5) is 13.2 Å². The molecule has 3 nitrogen and oxygen atoms in total. The minimum atomic E-state index is -4.79. The second-order valence-electron chi connectivity index (χ2n) is 3.03. The summed E-state index contributed by atoms with van der Waals surface area (Å²) < 4.78 is 44.8. The quantitative estimate of drug-likeness (QED) is 0.759. The summed E-state index contributed by atoms with van der Waals surface area (Å²) in [5.41, 5.74) is 0.582. The molecule has 2 aromatic rings. The summed E-state index contributed by atoms with van der Waals surface area (Å²) >= 11 is 5.61. The van der Waals surface area contributed by atoms with E-state index in [1.807, 2.05) is 13.8 Å². The lowest BCUT2D eigenvalue weighted by molar-refractivity contribution is -0.274. The molecule has 0 aliphatic heterocycles. The molecule has 0 saturated carbocycles. The number of nitrogens with zero attached hydrogens (tertiary/aromatic N) is 1. The zero-order valence-corrected chi connectivity index (χ0v) is 10.7. The number of rotatable bonds is 1. The van der Waals surface area contributed by atoms with Crippen LogP contribution in [0.2, 0.25) is 5.02 Å². The van der Waals surface area contributed by atoms with Gasteiger partial charge in [-0.15, -0.1) is 13.2 Å². The van der Waals surface area contributed by atoms with Crippen molar-refractivity contribution in [1.29, 1.82) is 0 Å². The molecule has 1 heterocycles. The van der Waals surface area contributed by atoms with Crippen molar-refractivity contribution in [3.05, 3.63) is 23.0 Å². The molecule has 0 radical (unpaired) electrons. The van der Waals surface area contributed by atoms with E-state index in [4.69, 9.17) is 16.0 Å². The molecule has 0 aliphatic carbocycles. The van der Waals surface area contributed by atoms with Crippen molar-refractivity contribution >= 4 is 22.7 Å². The minimum absolute atomic E-state index is 0.168. The summed E-state index contributed by atoms with van der Waals surface area (Å²) in [5, 5.41) is -0.168. The Hall–Kier alpha value is -1.43. The molecule has 0 atom stereocenters. The molecule has 2 rings (SSSR count). The molecule has 0 saturated heterocycles. The molecular weight excluding hydrogens is 271 g/mol. The van der Waals surface area contributed by atoms with E-state index < -0.39 is 12.1 Å². The van der Waals surface area contributed by atoms with Crippen LogP contribution in [-0.2, 0) is 0 Å². The first-order valence-corrected chi connectivity index (χ1v) is 5.55. The number of halogens is 4. The van der Waals surface area contributed by atoms with Crippen molar-refractivity contribution < 1.29 is 22.3 Å². The second kappa shape index (κ2) is 5.48. The van der Waals surface area contributed by atoms with Crippen LogP contribution < -0.4 is 4.74 Å². The SMILES string of the molecule is CC.Cc1nc2cc(Cl)c(OC(F)(F)F)cc2o1. The van der Waals surface area contributed by atoms with E-state index in [0.717, 1.165) is 6.07 Å². The van der Waals surface area contributed by atoms with Crippen molar-refractivity contribution in [2.24, 2.45) is 0 Å². The summed E-state index contributed by atoms with van der Waals surface area (Å²) in [5.74, 6) is -0.159. The summed E-state index contributed by atoms with van der Waals surface area (Å²) in [7, 11) is 0. The largest absolute Gasteiger partial charge is 0.573 e. The summed E-state index contributed by atoms with van der Waals surface area (Å²) in [6.07, 6.45) is -4.79. The molecular formula is C11H11ClF3NO2. The Balaban J connectivity index is 0.000000771. The highest BCUT2D eigenvalue weighted by atomic mass is 35.5. The lowest BCUT2D eigenvalue weighted by atomic mass is 10.3. The number of oxazole rings is 1. The topological polar surface area (TPSA) is 35.3 Å². The van der Waals surface area contributed by atoms with E-state index in [1.165, 1.54) is 6.07 Å². The van der Waals surface area contributed by atoms with Gasteiger partial charge in [0, 0.05) is 13.0 Å². The van der Waals surface area contributed by atoms with Gasteiger partial charge in [-0.2, -0.15) is 0 Å². The number of aryl methyl sites for hydroxylation is 1. The maximum Gasteiger partial charge on any atom is 0.573 e. The van der Waals surface area contributed by atoms with Crippen molar-refractivity contribution in [2.45, 2.75) is 27.1 Å². The van der Waals surface area contributed by atoms with Gasteiger partial charge < -0.3 is 9.15 Å². The van der Waals surface area contributed by atoms with Crippen molar-refractivity contribution in [2.75, 3.05) is 0 Å². The van der Waals surface area contributed by atoms with Crippen LogP contribution in [0.15, 0.2) is 16.5 Å². The molecule has 0 fully saturated rings. The molecule has 7 heteroatoms. The Labute approximate surface area is 107 Å². The molecule has 0 aliphatic rings. The monoisotopic (exact) mass is 281 g/mol. The smallest absolute Gasteiger partial charge is 0.441 e. The highest BCUT2D eigenvalue weighted by Crippen LogP contribution is 2.33. The number of alkyl halides is 3. The van der Waals surface area contributed by atoms with Gasteiger partial charge in [0.05, 0.1) is 5.02 Å².